The zero-order valence-electron chi connectivity index (χ0n) is 11.5. The fourth-order valence-electron chi connectivity index (χ4n) is 1.65. The van der Waals surface area contributed by atoms with Crippen molar-refractivity contribution in [2.24, 2.45) is 11.3 Å². The minimum absolute atomic E-state index is 0.0368. The Labute approximate surface area is 125 Å². The first-order valence-electron chi connectivity index (χ1n) is 6.15. The van der Waals surface area contributed by atoms with E-state index in [-0.39, 0.29) is 18.0 Å². The molecule has 0 bridgehead atoms. The van der Waals surface area contributed by atoms with Crippen LogP contribution in [0.15, 0.2) is 22.7 Å². The third-order valence-electron chi connectivity index (χ3n) is 3.50. The molecule has 1 atom stereocenters. The third kappa shape index (κ3) is 3.79. The number of benzene rings is 1. The maximum atomic E-state index is 13.6. The number of carbonyl (C=O) groups excluding carboxylic acids is 1. The van der Waals surface area contributed by atoms with Gasteiger partial charge in [-0.2, -0.15) is 0 Å². The fraction of sp³-hybridized carbons (Fsp3) is 0.429. The first-order valence-corrected chi connectivity index (χ1v) is 6.94. The van der Waals surface area contributed by atoms with E-state index in [9.17, 15) is 19.1 Å². The van der Waals surface area contributed by atoms with E-state index in [1.165, 1.54) is 19.1 Å². The maximum Gasteiger partial charge on any atom is 0.310 e. The fourth-order valence-corrected chi connectivity index (χ4v) is 1.98. The van der Waals surface area contributed by atoms with E-state index in [4.69, 9.17) is 0 Å². The zero-order chi connectivity index (χ0) is 15.5. The van der Waals surface area contributed by atoms with Crippen LogP contribution in [0, 0.1) is 17.2 Å². The van der Waals surface area contributed by atoms with Crippen molar-refractivity contribution in [1.29, 1.82) is 0 Å². The van der Waals surface area contributed by atoms with E-state index in [2.05, 4.69) is 21.2 Å². The number of carbonyl (C=O) groups is 2. The van der Waals surface area contributed by atoms with E-state index in [1.54, 1.807) is 19.9 Å². The second kappa shape index (κ2) is 6.35. The van der Waals surface area contributed by atoms with Gasteiger partial charge in [0.15, 0.2) is 0 Å². The highest BCUT2D eigenvalue weighted by Crippen LogP contribution is 2.32. The van der Waals surface area contributed by atoms with Crippen LogP contribution in [0.3, 0.4) is 0 Å². The number of hydrogen-bond donors (Lipinski definition) is 2. The van der Waals surface area contributed by atoms with Crippen molar-refractivity contribution in [3.8, 4) is 0 Å². The molecule has 0 spiro atoms. The number of aliphatic carboxylic acids is 1. The van der Waals surface area contributed by atoms with Gasteiger partial charge >= 0.3 is 5.97 Å². The Balaban J connectivity index is 2.84. The van der Waals surface area contributed by atoms with Gasteiger partial charge in [-0.05, 0) is 31.0 Å². The highest BCUT2D eigenvalue weighted by atomic mass is 79.9. The molecule has 0 saturated carbocycles. The largest absolute Gasteiger partial charge is 0.481 e. The Kier molecular flexibility index (Phi) is 5.28. The summed E-state index contributed by atoms with van der Waals surface area (Å²) in [6.07, 6.45) is -0.213. The Morgan fingerprint density at radius 2 is 2.05 bits per heavy atom. The van der Waals surface area contributed by atoms with E-state index < -0.39 is 23.1 Å². The standard InChI is InChI=1S/C14H17BrFNO3/c1-8(2)14(3,13(19)20)7-12(18)17-11-5-4-9(15)6-10(11)16/h4-6,8H,7H2,1-3H3,(H,17,18)(H,19,20). The molecule has 1 unspecified atom stereocenters. The summed E-state index contributed by atoms with van der Waals surface area (Å²) in [4.78, 5) is 23.2. The molecule has 0 saturated heterocycles. The van der Waals surface area contributed by atoms with Gasteiger partial charge in [0, 0.05) is 10.9 Å². The topological polar surface area (TPSA) is 66.4 Å². The summed E-state index contributed by atoms with van der Waals surface area (Å²) < 4.78 is 14.2. The average Bonchev–Trinajstić information content (AvgIpc) is 2.32. The molecule has 0 radical (unpaired) electrons. The quantitative estimate of drug-likeness (QED) is 0.855. The van der Waals surface area contributed by atoms with Gasteiger partial charge in [0.2, 0.25) is 5.91 Å². The van der Waals surface area contributed by atoms with Crippen molar-refractivity contribution in [2.75, 3.05) is 5.32 Å². The second-order valence-corrected chi connectivity index (χ2v) is 6.14. The minimum Gasteiger partial charge on any atom is -0.481 e. The molecule has 1 aromatic carbocycles. The second-order valence-electron chi connectivity index (χ2n) is 5.23. The number of anilines is 1. The summed E-state index contributed by atoms with van der Waals surface area (Å²) in [5, 5.41) is 11.7. The molecule has 20 heavy (non-hydrogen) atoms. The number of amides is 1. The first-order chi connectivity index (χ1) is 9.16. The number of halogens is 2. The van der Waals surface area contributed by atoms with E-state index in [1.807, 2.05) is 0 Å². The first kappa shape index (κ1) is 16.6. The molecule has 0 aliphatic rings. The SMILES string of the molecule is CC(C)C(C)(CC(=O)Nc1ccc(Br)cc1F)C(=O)O. The van der Waals surface area contributed by atoms with Gasteiger partial charge in [-0.3, -0.25) is 9.59 Å². The van der Waals surface area contributed by atoms with Crippen LogP contribution in [-0.4, -0.2) is 17.0 Å². The van der Waals surface area contributed by atoms with Gasteiger partial charge in [0.05, 0.1) is 11.1 Å². The third-order valence-corrected chi connectivity index (χ3v) is 3.99. The van der Waals surface area contributed by atoms with Gasteiger partial charge in [-0.25, -0.2) is 4.39 Å². The zero-order valence-corrected chi connectivity index (χ0v) is 13.1. The number of nitrogens with one attached hydrogen (secondary N) is 1. The van der Waals surface area contributed by atoms with E-state index in [0.29, 0.717) is 4.47 Å². The van der Waals surface area contributed by atoms with Gasteiger partial charge in [-0.15, -0.1) is 0 Å². The van der Waals surface area contributed by atoms with Gasteiger partial charge in [0.1, 0.15) is 5.82 Å². The summed E-state index contributed by atoms with van der Waals surface area (Å²) >= 11 is 3.12. The molecule has 110 valence electrons. The summed E-state index contributed by atoms with van der Waals surface area (Å²) in [5.41, 5.74) is -1.15. The Morgan fingerprint density at radius 1 is 1.45 bits per heavy atom. The van der Waals surface area contributed by atoms with Gasteiger partial charge in [-0.1, -0.05) is 29.8 Å². The Hall–Kier alpha value is -1.43. The lowest BCUT2D eigenvalue weighted by atomic mass is 9.76. The highest BCUT2D eigenvalue weighted by Gasteiger charge is 2.38. The van der Waals surface area contributed by atoms with Crippen LogP contribution in [0.5, 0.6) is 0 Å². The van der Waals surface area contributed by atoms with Crippen molar-refractivity contribution in [2.45, 2.75) is 27.2 Å². The smallest absolute Gasteiger partial charge is 0.310 e. The number of carboxylic acids is 1. The van der Waals surface area contributed by atoms with Crippen LogP contribution in [0.1, 0.15) is 27.2 Å². The molecule has 0 aromatic heterocycles. The average molecular weight is 346 g/mol. The van der Waals surface area contributed by atoms with Crippen molar-refractivity contribution in [3.05, 3.63) is 28.5 Å². The lowest BCUT2D eigenvalue weighted by molar-refractivity contribution is -0.153. The van der Waals surface area contributed by atoms with Crippen LogP contribution in [0.2, 0.25) is 0 Å². The van der Waals surface area contributed by atoms with Crippen LogP contribution >= 0.6 is 15.9 Å². The molecule has 0 aliphatic heterocycles. The van der Waals surface area contributed by atoms with Crippen molar-refractivity contribution in [1.82, 2.24) is 0 Å². The highest BCUT2D eigenvalue weighted by molar-refractivity contribution is 9.10. The molecule has 0 fully saturated rings. The van der Waals surface area contributed by atoms with E-state index in [0.717, 1.165) is 0 Å². The van der Waals surface area contributed by atoms with Gasteiger partial charge in [0.25, 0.3) is 0 Å². The maximum absolute atomic E-state index is 13.6. The summed E-state index contributed by atoms with van der Waals surface area (Å²) in [5.74, 6) is -2.36. The molecule has 1 rings (SSSR count). The van der Waals surface area contributed by atoms with Crippen molar-refractivity contribution >= 4 is 33.5 Å². The Bertz CT molecular complexity index is 533. The molecule has 0 heterocycles. The summed E-state index contributed by atoms with van der Waals surface area (Å²) in [6, 6.07) is 4.25. The molecular formula is C14H17BrFNO3. The molecule has 4 nitrogen and oxygen atoms in total. The number of rotatable bonds is 5. The minimum atomic E-state index is -1.18. The molecule has 6 heteroatoms. The van der Waals surface area contributed by atoms with Crippen LogP contribution in [0.4, 0.5) is 10.1 Å². The van der Waals surface area contributed by atoms with Crippen LogP contribution in [-0.2, 0) is 9.59 Å². The summed E-state index contributed by atoms with van der Waals surface area (Å²) in [6.45, 7) is 4.99. The molecule has 2 N–H and O–H groups in total. The lowest BCUT2D eigenvalue weighted by Crippen LogP contribution is -2.37. The lowest BCUT2D eigenvalue weighted by Gasteiger charge is -2.28. The van der Waals surface area contributed by atoms with Gasteiger partial charge < -0.3 is 10.4 Å². The predicted octanol–water partition coefficient (Wildman–Crippen LogP) is 3.66. The summed E-state index contributed by atoms with van der Waals surface area (Å²) in [7, 11) is 0. The van der Waals surface area contributed by atoms with Crippen molar-refractivity contribution < 1.29 is 19.1 Å². The molecule has 1 amide bonds. The van der Waals surface area contributed by atoms with Crippen LogP contribution in [0.25, 0.3) is 0 Å². The molecular weight excluding hydrogens is 329 g/mol. The normalized spacial score (nSPS) is 13.9. The molecule has 1 aromatic rings. The van der Waals surface area contributed by atoms with E-state index >= 15 is 0 Å². The Morgan fingerprint density at radius 3 is 2.50 bits per heavy atom. The number of carboxylic acid groups (broad SMARTS) is 1. The predicted molar refractivity (Wildman–Crippen MR) is 77.9 cm³/mol. The van der Waals surface area contributed by atoms with Crippen molar-refractivity contribution in [3.63, 3.8) is 0 Å². The number of hydrogen-bond acceptors (Lipinski definition) is 2. The monoisotopic (exact) mass is 345 g/mol. The van der Waals surface area contributed by atoms with Crippen LogP contribution < -0.4 is 5.32 Å². The molecule has 0 aliphatic carbocycles.